The van der Waals surface area contributed by atoms with Gasteiger partial charge in [-0.15, -0.1) is 0 Å². The molecule has 0 saturated heterocycles. The van der Waals surface area contributed by atoms with Crippen LogP contribution in [0.25, 0.3) is 0 Å². The highest BCUT2D eigenvalue weighted by Gasteiger charge is 2.09. The maximum absolute atomic E-state index is 9.06. The van der Waals surface area contributed by atoms with Gasteiger partial charge in [0.25, 0.3) is 0 Å². The molecule has 0 bridgehead atoms. The molecule has 0 unspecified atom stereocenters. The third kappa shape index (κ3) is 3.44. The number of nitriles is 1. The Morgan fingerprint density at radius 2 is 1.46 bits per heavy atom. The smallest absolute Gasteiger partial charge is 0.0991 e. The van der Waals surface area contributed by atoms with E-state index in [-0.39, 0.29) is 0 Å². The van der Waals surface area contributed by atoms with Gasteiger partial charge in [0, 0.05) is 11.1 Å². The lowest BCUT2D eigenvalue weighted by atomic mass is 9.94. The van der Waals surface area contributed by atoms with Crippen LogP contribution >= 0.6 is 0 Å². The molecule has 0 saturated carbocycles. The minimum atomic E-state index is 0.339. The van der Waals surface area contributed by atoms with Gasteiger partial charge in [0.2, 0.25) is 0 Å². The summed E-state index contributed by atoms with van der Waals surface area (Å²) < 4.78 is 0. The summed E-state index contributed by atoms with van der Waals surface area (Å²) in [6, 6.07) is 27.7. The molecule has 112 valence electrons. The summed E-state index contributed by atoms with van der Waals surface area (Å²) in [7, 11) is 5.85. The molecular weight excluding hydrogens is 291 g/mol. The molecule has 0 heterocycles. The fourth-order valence-electron chi connectivity index (χ4n) is 2.54. The van der Waals surface area contributed by atoms with Gasteiger partial charge in [-0.25, -0.2) is 4.99 Å². The van der Waals surface area contributed by atoms with Crippen molar-refractivity contribution in [1.29, 1.82) is 5.26 Å². The highest BCUT2D eigenvalue weighted by atomic mass is 14.8. The van der Waals surface area contributed by atoms with E-state index in [9.17, 15) is 0 Å². The summed E-state index contributed by atoms with van der Waals surface area (Å²) in [5.41, 5.74) is 5.20. The first-order valence-corrected chi connectivity index (χ1v) is 7.74. The maximum atomic E-state index is 9.06. The molecular formula is C21H15BN2. The summed E-state index contributed by atoms with van der Waals surface area (Å²) in [5.74, 6) is 0. The van der Waals surface area contributed by atoms with E-state index in [1.807, 2.05) is 66.7 Å². The predicted molar refractivity (Wildman–Crippen MR) is 98.8 cm³/mol. The molecule has 3 aromatic carbocycles. The SMILES string of the molecule is [B]Cc1cc(C#N)ccc1N=C(c1ccccc1)c1ccccc1. The van der Waals surface area contributed by atoms with Gasteiger partial charge in [-0.3, -0.25) is 0 Å². The molecule has 24 heavy (non-hydrogen) atoms. The van der Waals surface area contributed by atoms with Crippen molar-refractivity contribution in [3.05, 3.63) is 101 Å². The molecule has 0 aliphatic carbocycles. The minimum absolute atomic E-state index is 0.339. The number of hydrogen-bond acceptors (Lipinski definition) is 2. The standard InChI is InChI=1S/C21H15BN2/c22-14-19-13-16(15-23)11-12-20(19)24-21(17-7-3-1-4-8-17)18-9-5-2-6-10-18/h1-13H,14H2. The first kappa shape index (κ1) is 15.8. The Kier molecular flexibility index (Phi) is 4.88. The van der Waals surface area contributed by atoms with E-state index in [0.29, 0.717) is 11.9 Å². The van der Waals surface area contributed by atoms with E-state index in [4.69, 9.17) is 18.1 Å². The lowest BCUT2D eigenvalue weighted by Crippen LogP contribution is -2.03. The average Bonchev–Trinajstić information content (AvgIpc) is 2.67. The van der Waals surface area contributed by atoms with Crippen molar-refractivity contribution in [2.45, 2.75) is 6.32 Å². The molecule has 0 aliphatic heterocycles. The quantitative estimate of drug-likeness (QED) is 0.520. The lowest BCUT2D eigenvalue weighted by molar-refractivity contribution is 1.33. The van der Waals surface area contributed by atoms with Crippen LogP contribution in [0.1, 0.15) is 22.3 Å². The van der Waals surface area contributed by atoms with Crippen molar-refractivity contribution in [3.8, 4) is 6.07 Å². The number of rotatable bonds is 4. The van der Waals surface area contributed by atoms with Crippen LogP contribution < -0.4 is 0 Å². The van der Waals surface area contributed by atoms with E-state index in [1.165, 1.54) is 0 Å². The Labute approximate surface area is 143 Å². The summed E-state index contributed by atoms with van der Waals surface area (Å²) in [4.78, 5) is 4.87. The Morgan fingerprint density at radius 3 is 1.96 bits per heavy atom. The number of hydrogen-bond donors (Lipinski definition) is 0. The summed E-state index contributed by atoms with van der Waals surface area (Å²) in [6.07, 6.45) is 0.339. The van der Waals surface area contributed by atoms with Gasteiger partial charge in [-0.1, -0.05) is 67.0 Å². The zero-order valence-electron chi connectivity index (χ0n) is 13.2. The van der Waals surface area contributed by atoms with Crippen molar-refractivity contribution in [3.63, 3.8) is 0 Å². The van der Waals surface area contributed by atoms with Gasteiger partial charge >= 0.3 is 0 Å². The fourth-order valence-corrected chi connectivity index (χ4v) is 2.54. The topological polar surface area (TPSA) is 36.1 Å². The normalized spacial score (nSPS) is 9.96. The molecule has 0 fully saturated rings. The molecule has 0 aromatic heterocycles. The molecule has 2 radical (unpaired) electrons. The van der Waals surface area contributed by atoms with Gasteiger partial charge in [0.15, 0.2) is 0 Å². The van der Waals surface area contributed by atoms with E-state index < -0.39 is 0 Å². The van der Waals surface area contributed by atoms with Gasteiger partial charge in [0.1, 0.15) is 0 Å². The second-order valence-electron chi connectivity index (χ2n) is 5.35. The van der Waals surface area contributed by atoms with Crippen LogP contribution in [-0.2, 0) is 6.32 Å². The van der Waals surface area contributed by atoms with E-state index >= 15 is 0 Å². The molecule has 2 nitrogen and oxygen atoms in total. The number of nitrogens with zero attached hydrogens (tertiary/aromatic N) is 2. The minimum Gasteiger partial charge on any atom is -0.248 e. The van der Waals surface area contributed by atoms with Crippen LogP contribution in [0.4, 0.5) is 5.69 Å². The van der Waals surface area contributed by atoms with Gasteiger partial charge in [0.05, 0.1) is 30.9 Å². The van der Waals surface area contributed by atoms with Crippen LogP contribution in [0.15, 0.2) is 83.9 Å². The van der Waals surface area contributed by atoms with Gasteiger partial charge in [-0.2, -0.15) is 5.26 Å². The fraction of sp³-hybridized carbons (Fsp3) is 0.0476. The zero-order chi connectivity index (χ0) is 16.8. The van der Waals surface area contributed by atoms with Gasteiger partial charge in [-0.05, 0) is 23.8 Å². The first-order chi connectivity index (χ1) is 11.8. The summed E-state index contributed by atoms with van der Waals surface area (Å²) in [6.45, 7) is 0. The van der Waals surface area contributed by atoms with Crippen LogP contribution in [0.3, 0.4) is 0 Å². The third-order valence-electron chi connectivity index (χ3n) is 3.76. The Bertz CT molecular complexity index is 853. The van der Waals surface area contributed by atoms with Crippen molar-refractivity contribution >= 4 is 19.2 Å². The summed E-state index contributed by atoms with van der Waals surface area (Å²) in [5, 5.41) is 9.06. The van der Waals surface area contributed by atoms with Crippen molar-refractivity contribution < 1.29 is 0 Å². The van der Waals surface area contributed by atoms with Crippen LogP contribution in [-0.4, -0.2) is 13.6 Å². The first-order valence-electron chi connectivity index (χ1n) is 7.74. The monoisotopic (exact) mass is 306 g/mol. The van der Waals surface area contributed by atoms with Crippen LogP contribution in [0.2, 0.25) is 0 Å². The van der Waals surface area contributed by atoms with E-state index in [2.05, 4.69) is 6.07 Å². The van der Waals surface area contributed by atoms with E-state index in [0.717, 1.165) is 28.1 Å². The largest absolute Gasteiger partial charge is 0.248 e. The lowest BCUT2D eigenvalue weighted by Gasteiger charge is -2.10. The molecule has 3 aromatic rings. The molecule has 0 aliphatic rings. The third-order valence-corrected chi connectivity index (χ3v) is 3.76. The molecule has 0 spiro atoms. The van der Waals surface area contributed by atoms with E-state index in [1.54, 1.807) is 12.1 Å². The summed E-state index contributed by atoms with van der Waals surface area (Å²) >= 11 is 0. The second-order valence-corrected chi connectivity index (χ2v) is 5.35. The van der Waals surface area contributed by atoms with Crippen molar-refractivity contribution in [1.82, 2.24) is 0 Å². The van der Waals surface area contributed by atoms with Crippen molar-refractivity contribution in [2.24, 2.45) is 4.99 Å². The second kappa shape index (κ2) is 7.43. The van der Waals surface area contributed by atoms with Gasteiger partial charge < -0.3 is 0 Å². The zero-order valence-corrected chi connectivity index (χ0v) is 13.2. The predicted octanol–water partition coefficient (Wildman–Crippen LogP) is 4.40. The van der Waals surface area contributed by atoms with Crippen molar-refractivity contribution in [2.75, 3.05) is 0 Å². The number of benzene rings is 3. The highest BCUT2D eigenvalue weighted by molar-refractivity contribution is 6.14. The Morgan fingerprint density at radius 1 is 0.875 bits per heavy atom. The Balaban J connectivity index is 2.17. The highest BCUT2D eigenvalue weighted by Crippen LogP contribution is 2.24. The molecule has 3 heteroatoms. The van der Waals surface area contributed by atoms with Crippen LogP contribution in [0, 0.1) is 11.3 Å². The molecule has 3 rings (SSSR count). The molecule has 0 N–H and O–H groups in total. The maximum Gasteiger partial charge on any atom is 0.0991 e. The number of aliphatic imine (C=N–C) groups is 1. The average molecular weight is 306 g/mol. The molecule has 0 atom stereocenters. The Hall–Kier alpha value is -3.12. The van der Waals surface area contributed by atoms with Crippen LogP contribution in [0.5, 0.6) is 0 Å². The molecule has 0 amide bonds.